The summed E-state index contributed by atoms with van der Waals surface area (Å²) in [7, 11) is -2.64. The van der Waals surface area contributed by atoms with Gasteiger partial charge in [0, 0.05) is 5.75 Å². The van der Waals surface area contributed by atoms with Gasteiger partial charge in [0.05, 0.1) is 11.5 Å². The molecule has 0 aliphatic carbocycles. The number of hydrogen-bond donors (Lipinski definition) is 0. The molecule has 4 heteroatoms. The minimum absolute atomic E-state index is 0.387. The summed E-state index contributed by atoms with van der Waals surface area (Å²) in [5.41, 5.74) is 0. The molecule has 9 heavy (non-hydrogen) atoms. The zero-order valence-electron chi connectivity index (χ0n) is 5.17. The number of thioether (sulfide) groups is 1. The molecular formula is C5H10O2S2. The third kappa shape index (κ3) is 2.58. The SMILES string of the molecule is O=S1(=O)CCCSCC1. The highest BCUT2D eigenvalue weighted by Gasteiger charge is 2.12. The molecule has 0 radical (unpaired) electrons. The minimum Gasteiger partial charge on any atom is -0.229 e. The maximum atomic E-state index is 10.9. The lowest BCUT2D eigenvalue weighted by Crippen LogP contribution is -2.09. The normalized spacial score (nSPS) is 27.1. The second-order valence-electron chi connectivity index (χ2n) is 2.12. The van der Waals surface area contributed by atoms with Crippen molar-refractivity contribution in [1.29, 1.82) is 0 Å². The molecule has 1 aliphatic heterocycles. The van der Waals surface area contributed by atoms with Gasteiger partial charge in [-0.2, -0.15) is 11.8 Å². The molecule has 0 spiro atoms. The molecule has 54 valence electrons. The van der Waals surface area contributed by atoms with E-state index >= 15 is 0 Å². The Morgan fingerprint density at radius 3 is 2.67 bits per heavy atom. The van der Waals surface area contributed by atoms with Crippen LogP contribution in [0.3, 0.4) is 0 Å². The van der Waals surface area contributed by atoms with E-state index in [1.165, 1.54) is 0 Å². The van der Waals surface area contributed by atoms with E-state index in [2.05, 4.69) is 0 Å². The van der Waals surface area contributed by atoms with Crippen molar-refractivity contribution in [3.63, 3.8) is 0 Å². The molecule has 0 amide bonds. The van der Waals surface area contributed by atoms with Crippen molar-refractivity contribution in [2.24, 2.45) is 0 Å². The maximum Gasteiger partial charge on any atom is 0.151 e. The van der Waals surface area contributed by atoms with E-state index in [1.807, 2.05) is 0 Å². The lowest BCUT2D eigenvalue weighted by Gasteiger charge is -1.93. The Morgan fingerprint density at radius 2 is 1.89 bits per heavy atom. The molecule has 0 aromatic heterocycles. The first-order valence-electron chi connectivity index (χ1n) is 2.99. The predicted molar refractivity (Wildman–Crippen MR) is 40.6 cm³/mol. The van der Waals surface area contributed by atoms with E-state index in [-0.39, 0.29) is 0 Å². The van der Waals surface area contributed by atoms with Gasteiger partial charge in [-0.3, -0.25) is 0 Å². The van der Waals surface area contributed by atoms with Crippen molar-refractivity contribution in [2.75, 3.05) is 23.0 Å². The monoisotopic (exact) mass is 166 g/mol. The lowest BCUT2D eigenvalue weighted by atomic mass is 10.6. The van der Waals surface area contributed by atoms with E-state index in [0.29, 0.717) is 11.5 Å². The topological polar surface area (TPSA) is 34.1 Å². The summed E-state index contributed by atoms with van der Waals surface area (Å²) in [5.74, 6) is 2.60. The van der Waals surface area contributed by atoms with E-state index in [0.717, 1.165) is 17.9 Å². The molecule has 1 saturated heterocycles. The highest BCUT2D eigenvalue weighted by molar-refractivity contribution is 8.01. The van der Waals surface area contributed by atoms with E-state index in [9.17, 15) is 8.42 Å². The van der Waals surface area contributed by atoms with Gasteiger partial charge in [0.2, 0.25) is 0 Å². The van der Waals surface area contributed by atoms with Crippen molar-refractivity contribution in [2.45, 2.75) is 6.42 Å². The second kappa shape index (κ2) is 2.92. The van der Waals surface area contributed by atoms with Crippen molar-refractivity contribution in [1.82, 2.24) is 0 Å². The largest absolute Gasteiger partial charge is 0.229 e. The van der Waals surface area contributed by atoms with Gasteiger partial charge in [0.25, 0.3) is 0 Å². The first kappa shape index (κ1) is 7.41. The Hall–Kier alpha value is 0.300. The first-order chi connectivity index (χ1) is 4.21. The van der Waals surface area contributed by atoms with Gasteiger partial charge in [-0.05, 0) is 12.2 Å². The van der Waals surface area contributed by atoms with Gasteiger partial charge < -0.3 is 0 Å². The van der Waals surface area contributed by atoms with Crippen molar-refractivity contribution >= 4 is 21.6 Å². The fourth-order valence-electron chi connectivity index (χ4n) is 0.771. The minimum atomic E-state index is -2.64. The van der Waals surface area contributed by atoms with Gasteiger partial charge in [-0.25, -0.2) is 8.42 Å². The van der Waals surface area contributed by atoms with E-state index in [1.54, 1.807) is 11.8 Å². The smallest absolute Gasteiger partial charge is 0.151 e. The average Bonchev–Trinajstić information content (AvgIpc) is 1.92. The summed E-state index contributed by atoms with van der Waals surface area (Å²) in [4.78, 5) is 0. The molecule has 2 nitrogen and oxygen atoms in total. The molecule has 1 fully saturated rings. The third-order valence-corrected chi connectivity index (χ3v) is 4.35. The Kier molecular flexibility index (Phi) is 2.41. The van der Waals surface area contributed by atoms with Crippen molar-refractivity contribution < 1.29 is 8.42 Å². The highest BCUT2D eigenvalue weighted by atomic mass is 32.2. The molecule has 1 rings (SSSR count). The fourth-order valence-corrected chi connectivity index (χ4v) is 3.78. The zero-order valence-corrected chi connectivity index (χ0v) is 6.80. The molecule has 0 aromatic carbocycles. The average molecular weight is 166 g/mol. The fraction of sp³-hybridized carbons (Fsp3) is 1.00. The Balaban J connectivity index is 2.56. The van der Waals surface area contributed by atoms with Crippen LogP contribution in [-0.2, 0) is 9.84 Å². The summed E-state index contributed by atoms with van der Waals surface area (Å²) >= 11 is 1.74. The van der Waals surface area contributed by atoms with Gasteiger partial charge in [-0.15, -0.1) is 0 Å². The number of hydrogen-bond acceptors (Lipinski definition) is 3. The molecule has 0 unspecified atom stereocenters. The number of sulfone groups is 1. The van der Waals surface area contributed by atoms with Crippen LogP contribution in [0.25, 0.3) is 0 Å². The Morgan fingerprint density at radius 1 is 1.11 bits per heavy atom. The Bertz CT molecular complexity index is 157. The lowest BCUT2D eigenvalue weighted by molar-refractivity contribution is 0.597. The summed E-state index contributed by atoms with van der Waals surface area (Å²) in [6.45, 7) is 0. The van der Waals surface area contributed by atoms with Crippen LogP contribution in [0.1, 0.15) is 6.42 Å². The van der Waals surface area contributed by atoms with Crippen molar-refractivity contribution in [3.8, 4) is 0 Å². The molecule has 0 aromatic rings. The molecular weight excluding hydrogens is 156 g/mol. The second-order valence-corrected chi connectivity index (χ2v) is 5.65. The molecule has 0 N–H and O–H groups in total. The van der Waals surface area contributed by atoms with Gasteiger partial charge >= 0.3 is 0 Å². The highest BCUT2D eigenvalue weighted by Crippen LogP contribution is 2.10. The van der Waals surface area contributed by atoms with Crippen LogP contribution in [0, 0.1) is 0 Å². The van der Waals surface area contributed by atoms with Gasteiger partial charge in [-0.1, -0.05) is 0 Å². The molecule has 0 saturated carbocycles. The van der Waals surface area contributed by atoms with Crippen LogP contribution in [0.15, 0.2) is 0 Å². The summed E-state index contributed by atoms with van der Waals surface area (Å²) < 4.78 is 21.7. The van der Waals surface area contributed by atoms with Crippen LogP contribution in [-0.4, -0.2) is 31.4 Å². The molecule has 0 atom stereocenters. The van der Waals surface area contributed by atoms with Crippen LogP contribution < -0.4 is 0 Å². The van der Waals surface area contributed by atoms with Crippen LogP contribution >= 0.6 is 11.8 Å². The predicted octanol–water partition coefficient (Wildman–Crippen LogP) is 0.538. The van der Waals surface area contributed by atoms with Crippen LogP contribution in [0.4, 0.5) is 0 Å². The third-order valence-electron chi connectivity index (χ3n) is 1.28. The maximum absolute atomic E-state index is 10.9. The molecule has 0 bridgehead atoms. The Labute approximate surface area is 59.9 Å². The van der Waals surface area contributed by atoms with E-state index in [4.69, 9.17) is 0 Å². The standard InChI is InChI=1S/C5H10O2S2/c6-9(7)4-1-2-8-3-5-9/h1-5H2. The molecule has 1 aliphatic rings. The number of rotatable bonds is 0. The summed E-state index contributed by atoms with van der Waals surface area (Å²) in [5, 5.41) is 0. The summed E-state index contributed by atoms with van der Waals surface area (Å²) in [6.07, 6.45) is 0.840. The zero-order chi connectivity index (χ0) is 6.74. The van der Waals surface area contributed by atoms with Crippen LogP contribution in [0.2, 0.25) is 0 Å². The summed E-state index contributed by atoms with van der Waals surface area (Å²) in [6, 6.07) is 0. The van der Waals surface area contributed by atoms with E-state index < -0.39 is 9.84 Å². The van der Waals surface area contributed by atoms with Gasteiger partial charge in [0.15, 0.2) is 9.84 Å². The molecule has 1 heterocycles. The van der Waals surface area contributed by atoms with Crippen LogP contribution in [0.5, 0.6) is 0 Å². The van der Waals surface area contributed by atoms with Crippen molar-refractivity contribution in [3.05, 3.63) is 0 Å². The first-order valence-corrected chi connectivity index (χ1v) is 5.96. The van der Waals surface area contributed by atoms with Gasteiger partial charge in [0.1, 0.15) is 0 Å². The quantitative estimate of drug-likeness (QED) is 0.526.